The van der Waals surface area contributed by atoms with Crippen LogP contribution < -0.4 is 4.90 Å². The monoisotopic (exact) mass is 270 g/mol. The maximum absolute atomic E-state index is 11.3. The quantitative estimate of drug-likeness (QED) is 0.890. The molecular formula is C12H18N2O3S. The molecule has 100 valence electrons. The SMILES string of the molecule is CC(C)(C)c1nc(N2CCOCC2)sc1C(=O)O. The molecule has 0 unspecified atom stereocenters. The van der Waals surface area contributed by atoms with Crippen molar-refractivity contribution in [3.63, 3.8) is 0 Å². The summed E-state index contributed by atoms with van der Waals surface area (Å²) >= 11 is 1.26. The molecule has 6 heteroatoms. The Balaban J connectivity index is 2.35. The van der Waals surface area contributed by atoms with Gasteiger partial charge in [0, 0.05) is 18.5 Å². The van der Waals surface area contributed by atoms with Crippen LogP contribution in [0.4, 0.5) is 5.13 Å². The van der Waals surface area contributed by atoms with Gasteiger partial charge in [-0.1, -0.05) is 32.1 Å². The predicted molar refractivity (Wildman–Crippen MR) is 70.8 cm³/mol. The van der Waals surface area contributed by atoms with E-state index in [0.717, 1.165) is 18.2 Å². The number of ether oxygens (including phenoxy) is 1. The van der Waals surface area contributed by atoms with Gasteiger partial charge in [-0.05, 0) is 0 Å². The molecule has 1 N–H and O–H groups in total. The molecule has 1 aliphatic rings. The molecule has 1 fully saturated rings. The Morgan fingerprint density at radius 1 is 1.39 bits per heavy atom. The first-order valence-corrected chi connectivity index (χ1v) is 6.78. The van der Waals surface area contributed by atoms with Gasteiger partial charge >= 0.3 is 5.97 Å². The molecule has 0 saturated carbocycles. The van der Waals surface area contributed by atoms with Gasteiger partial charge in [0.15, 0.2) is 5.13 Å². The maximum Gasteiger partial charge on any atom is 0.347 e. The number of aromatic carboxylic acids is 1. The summed E-state index contributed by atoms with van der Waals surface area (Å²) in [7, 11) is 0. The van der Waals surface area contributed by atoms with Crippen molar-refractivity contribution < 1.29 is 14.6 Å². The third-order valence-electron chi connectivity index (χ3n) is 2.80. The highest BCUT2D eigenvalue weighted by molar-refractivity contribution is 7.17. The van der Waals surface area contributed by atoms with Crippen molar-refractivity contribution in [2.45, 2.75) is 26.2 Å². The van der Waals surface area contributed by atoms with E-state index in [1.165, 1.54) is 11.3 Å². The molecule has 18 heavy (non-hydrogen) atoms. The van der Waals surface area contributed by atoms with Crippen LogP contribution in [0.2, 0.25) is 0 Å². The van der Waals surface area contributed by atoms with Crippen molar-refractivity contribution in [1.29, 1.82) is 0 Å². The normalized spacial score (nSPS) is 16.9. The zero-order chi connectivity index (χ0) is 13.3. The van der Waals surface area contributed by atoms with Gasteiger partial charge in [0.1, 0.15) is 4.88 Å². The van der Waals surface area contributed by atoms with Crippen LogP contribution in [0.3, 0.4) is 0 Å². The molecule has 0 aromatic carbocycles. The first-order valence-electron chi connectivity index (χ1n) is 5.97. The lowest BCUT2D eigenvalue weighted by Crippen LogP contribution is -2.36. The summed E-state index contributed by atoms with van der Waals surface area (Å²) in [6.07, 6.45) is 0. The van der Waals surface area contributed by atoms with Crippen LogP contribution in [-0.2, 0) is 10.2 Å². The number of hydrogen-bond donors (Lipinski definition) is 1. The summed E-state index contributed by atoms with van der Waals surface area (Å²) in [6, 6.07) is 0. The number of aromatic nitrogens is 1. The van der Waals surface area contributed by atoms with Gasteiger partial charge in [0.2, 0.25) is 0 Å². The number of thiazole rings is 1. The Hall–Kier alpha value is -1.14. The molecule has 0 aliphatic carbocycles. The summed E-state index contributed by atoms with van der Waals surface area (Å²) in [6.45, 7) is 8.85. The van der Waals surface area contributed by atoms with Crippen LogP contribution >= 0.6 is 11.3 Å². The molecule has 0 bridgehead atoms. The van der Waals surface area contributed by atoms with Crippen LogP contribution in [-0.4, -0.2) is 42.4 Å². The molecule has 0 amide bonds. The highest BCUT2D eigenvalue weighted by Crippen LogP contribution is 2.34. The Bertz CT molecular complexity index is 445. The fourth-order valence-corrected chi connectivity index (χ4v) is 3.02. The average Bonchev–Trinajstić information content (AvgIpc) is 2.74. The van der Waals surface area contributed by atoms with Gasteiger partial charge in [-0.2, -0.15) is 0 Å². The minimum Gasteiger partial charge on any atom is -0.477 e. The van der Waals surface area contributed by atoms with Gasteiger partial charge in [-0.15, -0.1) is 0 Å². The summed E-state index contributed by atoms with van der Waals surface area (Å²) in [5.41, 5.74) is 0.413. The number of morpholine rings is 1. The molecule has 1 aromatic heterocycles. The molecule has 0 atom stereocenters. The van der Waals surface area contributed by atoms with E-state index in [1.807, 2.05) is 20.8 Å². The third-order valence-corrected chi connectivity index (χ3v) is 3.91. The Morgan fingerprint density at radius 2 is 2.00 bits per heavy atom. The van der Waals surface area contributed by atoms with E-state index >= 15 is 0 Å². The number of hydrogen-bond acceptors (Lipinski definition) is 5. The molecular weight excluding hydrogens is 252 g/mol. The molecule has 2 heterocycles. The minimum absolute atomic E-state index is 0.255. The van der Waals surface area contributed by atoms with Gasteiger partial charge in [0.25, 0.3) is 0 Å². The average molecular weight is 270 g/mol. The Morgan fingerprint density at radius 3 is 2.44 bits per heavy atom. The van der Waals surface area contributed by atoms with E-state index in [2.05, 4.69) is 9.88 Å². The molecule has 1 aromatic rings. The highest BCUT2D eigenvalue weighted by Gasteiger charge is 2.28. The summed E-state index contributed by atoms with van der Waals surface area (Å²) in [4.78, 5) is 18.3. The second-order valence-corrected chi connectivity index (χ2v) is 6.31. The van der Waals surface area contributed by atoms with Crippen molar-refractivity contribution >= 4 is 22.4 Å². The predicted octanol–water partition coefficient (Wildman–Crippen LogP) is 1.98. The number of carboxylic acid groups (broad SMARTS) is 1. The standard InChI is InChI=1S/C12H18N2O3S/c1-12(2,3)9-8(10(15)16)18-11(13-9)14-4-6-17-7-5-14/h4-7H2,1-3H3,(H,15,16). The minimum atomic E-state index is -0.892. The zero-order valence-corrected chi connectivity index (χ0v) is 11.7. The van der Waals surface area contributed by atoms with E-state index in [1.54, 1.807) is 0 Å². The van der Waals surface area contributed by atoms with Gasteiger partial charge < -0.3 is 14.7 Å². The molecule has 0 spiro atoms. The second-order valence-electron chi connectivity index (χ2n) is 5.33. The van der Waals surface area contributed by atoms with E-state index in [4.69, 9.17) is 4.74 Å². The lowest BCUT2D eigenvalue weighted by molar-refractivity contribution is 0.0699. The van der Waals surface area contributed by atoms with E-state index in [0.29, 0.717) is 23.8 Å². The third kappa shape index (κ3) is 2.64. The maximum atomic E-state index is 11.3. The number of nitrogens with zero attached hydrogens (tertiary/aromatic N) is 2. The smallest absolute Gasteiger partial charge is 0.347 e. The van der Waals surface area contributed by atoms with Crippen LogP contribution in [0.25, 0.3) is 0 Å². The molecule has 5 nitrogen and oxygen atoms in total. The van der Waals surface area contributed by atoms with Crippen molar-refractivity contribution in [2.75, 3.05) is 31.2 Å². The number of carbonyl (C=O) groups is 1. The summed E-state index contributed by atoms with van der Waals surface area (Å²) in [5, 5.41) is 10.1. The first-order chi connectivity index (χ1) is 8.39. The first kappa shape index (κ1) is 13.3. The molecule has 1 saturated heterocycles. The fourth-order valence-electron chi connectivity index (χ4n) is 1.85. The van der Waals surface area contributed by atoms with Crippen molar-refractivity contribution in [2.24, 2.45) is 0 Å². The van der Waals surface area contributed by atoms with Gasteiger partial charge in [-0.3, -0.25) is 0 Å². The lowest BCUT2D eigenvalue weighted by Gasteiger charge is -2.26. The van der Waals surface area contributed by atoms with Crippen molar-refractivity contribution in [3.8, 4) is 0 Å². The van der Waals surface area contributed by atoms with E-state index in [9.17, 15) is 9.90 Å². The zero-order valence-electron chi connectivity index (χ0n) is 10.9. The molecule has 1 aliphatic heterocycles. The Labute approximate surface area is 110 Å². The lowest BCUT2D eigenvalue weighted by atomic mass is 9.91. The van der Waals surface area contributed by atoms with Gasteiger partial charge in [-0.25, -0.2) is 9.78 Å². The highest BCUT2D eigenvalue weighted by atomic mass is 32.1. The Kier molecular flexibility index (Phi) is 3.59. The molecule has 2 rings (SSSR count). The van der Waals surface area contributed by atoms with Crippen LogP contribution in [0, 0.1) is 0 Å². The van der Waals surface area contributed by atoms with Crippen LogP contribution in [0.5, 0.6) is 0 Å². The number of rotatable bonds is 2. The van der Waals surface area contributed by atoms with E-state index < -0.39 is 5.97 Å². The molecule has 0 radical (unpaired) electrons. The number of anilines is 1. The van der Waals surface area contributed by atoms with Crippen LogP contribution in [0.15, 0.2) is 0 Å². The van der Waals surface area contributed by atoms with Gasteiger partial charge in [0.05, 0.1) is 18.9 Å². The van der Waals surface area contributed by atoms with Crippen LogP contribution in [0.1, 0.15) is 36.1 Å². The summed E-state index contributed by atoms with van der Waals surface area (Å²) in [5.74, 6) is -0.892. The number of carboxylic acids is 1. The topological polar surface area (TPSA) is 62.7 Å². The summed E-state index contributed by atoms with van der Waals surface area (Å²) < 4.78 is 5.29. The van der Waals surface area contributed by atoms with Crippen molar-refractivity contribution in [1.82, 2.24) is 4.98 Å². The fraction of sp³-hybridized carbons (Fsp3) is 0.667. The second kappa shape index (κ2) is 4.85. The van der Waals surface area contributed by atoms with Crippen molar-refractivity contribution in [3.05, 3.63) is 10.6 Å². The largest absolute Gasteiger partial charge is 0.477 e. The van der Waals surface area contributed by atoms with E-state index in [-0.39, 0.29) is 5.41 Å².